The van der Waals surface area contributed by atoms with Gasteiger partial charge < -0.3 is 10.2 Å². The van der Waals surface area contributed by atoms with Crippen LogP contribution in [0.2, 0.25) is 0 Å². The van der Waals surface area contributed by atoms with Crippen LogP contribution in [0, 0.1) is 0 Å². The Morgan fingerprint density at radius 3 is 2.86 bits per heavy atom. The molecule has 2 heterocycles. The van der Waals surface area contributed by atoms with Crippen LogP contribution in [-0.4, -0.2) is 35.7 Å². The van der Waals surface area contributed by atoms with Crippen molar-refractivity contribution in [1.82, 2.24) is 15.5 Å². The fraction of sp³-hybridized carbons (Fsp3) is 0.375. The summed E-state index contributed by atoms with van der Waals surface area (Å²) in [6, 6.07) is 9.76. The Kier molecular flexibility index (Phi) is 4.01. The van der Waals surface area contributed by atoms with E-state index in [-0.39, 0.29) is 5.91 Å². The summed E-state index contributed by atoms with van der Waals surface area (Å²) in [7, 11) is 0. The first kappa shape index (κ1) is 13.8. The maximum Gasteiger partial charge on any atom is 0.261 e. The highest BCUT2D eigenvalue weighted by molar-refractivity contribution is 6.06. The molecule has 1 fully saturated rings. The summed E-state index contributed by atoms with van der Waals surface area (Å²) in [6.07, 6.45) is 2.70. The van der Waals surface area contributed by atoms with Gasteiger partial charge in [-0.2, -0.15) is 5.10 Å². The number of rotatable bonds is 4. The standard InChI is InChI=1S/C16H20N4O/c1-2-20(13-6-4-3-5-7-13)16(21)14-11-18-19-15(14)12-8-9-17-10-12/h3-7,11-12,17H,2,8-10H2,1H3,(H,18,19)/t12-/m0/s1. The maximum absolute atomic E-state index is 12.9. The van der Waals surface area contributed by atoms with Crippen molar-refractivity contribution < 1.29 is 4.79 Å². The van der Waals surface area contributed by atoms with Crippen LogP contribution in [0.5, 0.6) is 0 Å². The van der Waals surface area contributed by atoms with Crippen LogP contribution >= 0.6 is 0 Å². The Balaban J connectivity index is 1.89. The molecule has 5 nitrogen and oxygen atoms in total. The van der Waals surface area contributed by atoms with Gasteiger partial charge in [0.1, 0.15) is 0 Å². The minimum atomic E-state index is 0.0133. The molecule has 0 radical (unpaired) electrons. The SMILES string of the molecule is CCN(C(=O)c1cn[nH]c1[C@H]1CCNC1)c1ccccc1. The summed E-state index contributed by atoms with van der Waals surface area (Å²) < 4.78 is 0. The Bertz CT molecular complexity index is 602. The van der Waals surface area contributed by atoms with Crippen LogP contribution in [0.25, 0.3) is 0 Å². The zero-order chi connectivity index (χ0) is 14.7. The average molecular weight is 284 g/mol. The third-order valence-electron chi connectivity index (χ3n) is 4.00. The fourth-order valence-electron chi connectivity index (χ4n) is 2.88. The molecule has 2 aromatic rings. The molecule has 0 bridgehead atoms. The van der Waals surface area contributed by atoms with Gasteiger partial charge in [-0.1, -0.05) is 18.2 Å². The molecule has 1 aromatic carbocycles. The largest absolute Gasteiger partial charge is 0.316 e. The van der Waals surface area contributed by atoms with Crippen LogP contribution in [0.4, 0.5) is 5.69 Å². The first-order valence-electron chi connectivity index (χ1n) is 7.42. The van der Waals surface area contributed by atoms with Crippen molar-refractivity contribution in [3.8, 4) is 0 Å². The molecule has 0 unspecified atom stereocenters. The lowest BCUT2D eigenvalue weighted by Gasteiger charge is -2.21. The number of aromatic nitrogens is 2. The molecule has 2 N–H and O–H groups in total. The van der Waals surface area contributed by atoms with Crippen molar-refractivity contribution in [3.63, 3.8) is 0 Å². The third-order valence-corrected chi connectivity index (χ3v) is 4.00. The molecule has 21 heavy (non-hydrogen) atoms. The minimum absolute atomic E-state index is 0.0133. The molecule has 1 aliphatic heterocycles. The van der Waals surface area contributed by atoms with Crippen molar-refractivity contribution in [2.75, 3.05) is 24.5 Å². The molecule has 1 saturated heterocycles. The summed E-state index contributed by atoms with van der Waals surface area (Å²) in [4.78, 5) is 14.6. The number of amides is 1. The topological polar surface area (TPSA) is 61.0 Å². The second-order valence-corrected chi connectivity index (χ2v) is 5.27. The highest BCUT2D eigenvalue weighted by Crippen LogP contribution is 2.25. The molecule has 1 aliphatic rings. The van der Waals surface area contributed by atoms with Crippen molar-refractivity contribution in [1.29, 1.82) is 0 Å². The summed E-state index contributed by atoms with van der Waals surface area (Å²) in [5, 5.41) is 10.4. The number of benzene rings is 1. The van der Waals surface area contributed by atoms with Gasteiger partial charge in [0, 0.05) is 24.7 Å². The van der Waals surface area contributed by atoms with E-state index in [1.165, 1.54) is 0 Å². The Hall–Kier alpha value is -2.14. The molecule has 5 heteroatoms. The van der Waals surface area contributed by atoms with Crippen molar-refractivity contribution in [2.24, 2.45) is 0 Å². The smallest absolute Gasteiger partial charge is 0.261 e. The zero-order valence-corrected chi connectivity index (χ0v) is 12.2. The molecule has 1 aromatic heterocycles. The van der Waals surface area contributed by atoms with Crippen molar-refractivity contribution in [3.05, 3.63) is 47.8 Å². The van der Waals surface area contributed by atoms with E-state index in [0.717, 1.165) is 30.9 Å². The lowest BCUT2D eigenvalue weighted by Crippen LogP contribution is -2.31. The number of hydrogen-bond donors (Lipinski definition) is 2. The van der Waals surface area contributed by atoms with Gasteiger partial charge in [0.15, 0.2) is 0 Å². The van der Waals surface area contributed by atoms with Crippen LogP contribution in [0.3, 0.4) is 0 Å². The van der Waals surface area contributed by atoms with E-state index in [2.05, 4.69) is 15.5 Å². The highest BCUT2D eigenvalue weighted by Gasteiger charge is 2.27. The molecule has 3 rings (SSSR count). The van der Waals surface area contributed by atoms with E-state index in [4.69, 9.17) is 0 Å². The first-order valence-corrected chi connectivity index (χ1v) is 7.42. The number of carbonyl (C=O) groups is 1. The minimum Gasteiger partial charge on any atom is -0.316 e. The zero-order valence-electron chi connectivity index (χ0n) is 12.2. The Labute approximate surface area is 124 Å². The monoisotopic (exact) mass is 284 g/mol. The van der Waals surface area contributed by atoms with Gasteiger partial charge in [-0.05, 0) is 32.0 Å². The number of H-pyrrole nitrogens is 1. The summed E-state index contributed by atoms with van der Waals surface area (Å²) >= 11 is 0. The lowest BCUT2D eigenvalue weighted by molar-refractivity contribution is 0.0987. The molecule has 0 spiro atoms. The molecule has 0 aliphatic carbocycles. The molecular weight excluding hydrogens is 264 g/mol. The lowest BCUT2D eigenvalue weighted by atomic mass is 10.0. The second kappa shape index (κ2) is 6.10. The number of nitrogens with zero attached hydrogens (tertiary/aromatic N) is 2. The predicted molar refractivity (Wildman–Crippen MR) is 82.6 cm³/mol. The van der Waals surface area contributed by atoms with Gasteiger partial charge in [-0.3, -0.25) is 9.89 Å². The van der Waals surface area contributed by atoms with Crippen LogP contribution in [-0.2, 0) is 0 Å². The van der Waals surface area contributed by atoms with Crippen molar-refractivity contribution in [2.45, 2.75) is 19.3 Å². The van der Waals surface area contributed by atoms with E-state index in [0.29, 0.717) is 18.0 Å². The highest BCUT2D eigenvalue weighted by atomic mass is 16.2. The summed E-state index contributed by atoms with van der Waals surface area (Å²) in [6.45, 7) is 4.52. The van der Waals surface area contributed by atoms with E-state index in [1.54, 1.807) is 11.1 Å². The molecule has 1 amide bonds. The number of hydrogen-bond acceptors (Lipinski definition) is 3. The predicted octanol–water partition coefficient (Wildman–Crippen LogP) is 2.15. The van der Waals surface area contributed by atoms with Gasteiger partial charge in [-0.15, -0.1) is 0 Å². The Morgan fingerprint density at radius 1 is 1.38 bits per heavy atom. The second-order valence-electron chi connectivity index (χ2n) is 5.27. The number of nitrogens with one attached hydrogen (secondary N) is 2. The summed E-state index contributed by atoms with van der Waals surface area (Å²) in [5.41, 5.74) is 2.57. The average Bonchev–Trinajstić information content (AvgIpc) is 3.20. The molecule has 1 atom stereocenters. The Morgan fingerprint density at radius 2 is 2.19 bits per heavy atom. The number of carbonyl (C=O) groups excluding carboxylic acids is 1. The fourth-order valence-corrected chi connectivity index (χ4v) is 2.88. The van der Waals surface area contributed by atoms with Crippen LogP contribution in [0.15, 0.2) is 36.5 Å². The van der Waals surface area contributed by atoms with E-state index in [1.807, 2.05) is 37.3 Å². The molecule has 110 valence electrons. The number of aromatic amines is 1. The van der Waals surface area contributed by atoms with Crippen LogP contribution < -0.4 is 10.2 Å². The van der Waals surface area contributed by atoms with Gasteiger partial charge in [0.05, 0.1) is 17.5 Å². The van der Waals surface area contributed by atoms with Crippen molar-refractivity contribution >= 4 is 11.6 Å². The van der Waals surface area contributed by atoms with Gasteiger partial charge in [0.25, 0.3) is 5.91 Å². The molecular formula is C16H20N4O. The molecule has 0 saturated carbocycles. The van der Waals surface area contributed by atoms with E-state index >= 15 is 0 Å². The first-order chi connectivity index (χ1) is 10.3. The normalized spacial score (nSPS) is 17.9. The van der Waals surface area contributed by atoms with Gasteiger partial charge in [0.2, 0.25) is 0 Å². The number of anilines is 1. The van der Waals surface area contributed by atoms with Gasteiger partial charge >= 0.3 is 0 Å². The number of para-hydroxylation sites is 1. The third kappa shape index (κ3) is 2.69. The maximum atomic E-state index is 12.9. The van der Waals surface area contributed by atoms with Crippen LogP contribution in [0.1, 0.15) is 35.3 Å². The summed E-state index contributed by atoms with van der Waals surface area (Å²) in [5.74, 6) is 0.361. The van der Waals surface area contributed by atoms with Gasteiger partial charge in [-0.25, -0.2) is 0 Å². The van der Waals surface area contributed by atoms with E-state index in [9.17, 15) is 4.79 Å². The van der Waals surface area contributed by atoms with E-state index < -0.39 is 0 Å². The quantitative estimate of drug-likeness (QED) is 0.904.